The molecule has 1 heterocycles. The summed E-state index contributed by atoms with van der Waals surface area (Å²) in [6, 6.07) is 6.18. The maximum Gasteiger partial charge on any atom is 0.232 e. The molecule has 1 aromatic heterocycles. The largest absolute Gasteiger partial charge is 0.276 e. The number of hydrogen-bond donors (Lipinski definition) is 0. The van der Waals surface area contributed by atoms with Gasteiger partial charge in [-0.2, -0.15) is 0 Å². The zero-order chi connectivity index (χ0) is 11.4. The number of carbonyl (C=O) groups is 1. The fourth-order valence-electron chi connectivity index (χ4n) is 1.44. The summed E-state index contributed by atoms with van der Waals surface area (Å²) in [5.74, 6) is -0.272. The molecule has 4 heteroatoms. The maximum atomic E-state index is 12.6. The minimum absolute atomic E-state index is 0.0122. The molecule has 0 saturated carbocycles. The smallest absolute Gasteiger partial charge is 0.232 e. The highest BCUT2D eigenvalue weighted by molar-refractivity contribution is 5.78. The van der Waals surface area contributed by atoms with Crippen molar-refractivity contribution in [1.29, 1.82) is 0 Å². The first-order valence-corrected chi connectivity index (χ1v) is 5.01. The lowest BCUT2D eigenvalue weighted by Crippen LogP contribution is -2.09. The normalized spacial score (nSPS) is 10.3. The van der Waals surface area contributed by atoms with Gasteiger partial charge in [0, 0.05) is 18.8 Å². The number of carbonyl (C=O) groups excluding carboxylic acids is 1. The van der Waals surface area contributed by atoms with E-state index in [1.807, 2.05) is 0 Å². The molecular formula is C12H11FN2O. The van der Waals surface area contributed by atoms with Gasteiger partial charge in [0.25, 0.3) is 0 Å². The van der Waals surface area contributed by atoms with Crippen molar-refractivity contribution in [3.05, 3.63) is 54.4 Å². The molecule has 2 rings (SSSR count). The molecule has 0 saturated heterocycles. The molecule has 0 radical (unpaired) electrons. The summed E-state index contributed by atoms with van der Waals surface area (Å²) >= 11 is 0. The molecule has 3 nitrogen and oxygen atoms in total. The number of aryl methyl sites for hydroxylation is 1. The Labute approximate surface area is 92.5 Å². The summed E-state index contributed by atoms with van der Waals surface area (Å²) < 4.78 is 14.1. The summed E-state index contributed by atoms with van der Waals surface area (Å²) in [6.07, 6.45) is 5.66. The predicted molar refractivity (Wildman–Crippen MR) is 57.6 cm³/mol. The van der Waals surface area contributed by atoms with Gasteiger partial charge in [-0.05, 0) is 24.1 Å². The summed E-state index contributed by atoms with van der Waals surface area (Å²) in [5, 5.41) is 0. The number of halogens is 1. The Morgan fingerprint density at radius 2 is 2.06 bits per heavy atom. The lowest BCUT2D eigenvalue weighted by molar-refractivity contribution is 0.0903. The van der Waals surface area contributed by atoms with Crippen LogP contribution in [0.1, 0.15) is 16.8 Å². The second-order valence-corrected chi connectivity index (χ2v) is 3.49. The van der Waals surface area contributed by atoms with E-state index in [0.717, 1.165) is 5.56 Å². The lowest BCUT2D eigenvalue weighted by Gasteiger charge is -2.01. The van der Waals surface area contributed by atoms with Crippen molar-refractivity contribution in [1.82, 2.24) is 9.55 Å². The lowest BCUT2D eigenvalue weighted by atomic mass is 10.1. The predicted octanol–water partition coefficient (Wildman–Crippen LogP) is 2.30. The van der Waals surface area contributed by atoms with Crippen LogP contribution in [-0.2, 0) is 6.42 Å². The molecular weight excluding hydrogens is 207 g/mol. The molecule has 0 aliphatic rings. The van der Waals surface area contributed by atoms with Crippen molar-refractivity contribution in [2.45, 2.75) is 12.8 Å². The van der Waals surface area contributed by atoms with Gasteiger partial charge in [-0.25, -0.2) is 9.37 Å². The number of nitrogens with zero attached hydrogens (tertiary/aromatic N) is 2. The summed E-state index contributed by atoms with van der Waals surface area (Å²) in [7, 11) is 0. The zero-order valence-electron chi connectivity index (χ0n) is 8.64. The number of hydrogen-bond acceptors (Lipinski definition) is 2. The van der Waals surface area contributed by atoms with Crippen molar-refractivity contribution in [3.63, 3.8) is 0 Å². The third-order valence-electron chi connectivity index (χ3n) is 2.33. The number of benzene rings is 1. The third-order valence-corrected chi connectivity index (χ3v) is 2.33. The van der Waals surface area contributed by atoms with E-state index in [1.165, 1.54) is 23.0 Å². The number of rotatable bonds is 3. The van der Waals surface area contributed by atoms with Gasteiger partial charge in [-0.15, -0.1) is 0 Å². The number of aromatic nitrogens is 2. The monoisotopic (exact) mass is 218 g/mol. The first-order chi connectivity index (χ1) is 7.75. The Hall–Kier alpha value is -1.97. The molecule has 0 fully saturated rings. The number of imidazole rings is 1. The Bertz CT molecular complexity index is 462. The Balaban J connectivity index is 1.93. The second-order valence-electron chi connectivity index (χ2n) is 3.49. The minimum Gasteiger partial charge on any atom is -0.276 e. The van der Waals surface area contributed by atoms with Crippen LogP contribution >= 0.6 is 0 Å². The van der Waals surface area contributed by atoms with Gasteiger partial charge in [0.15, 0.2) is 0 Å². The van der Waals surface area contributed by atoms with E-state index in [1.54, 1.807) is 24.5 Å². The van der Waals surface area contributed by atoms with Gasteiger partial charge in [-0.1, -0.05) is 12.1 Å². The van der Waals surface area contributed by atoms with E-state index in [2.05, 4.69) is 4.98 Å². The topological polar surface area (TPSA) is 34.9 Å². The quantitative estimate of drug-likeness (QED) is 0.792. The van der Waals surface area contributed by atoms with E-state index in [0.29, 0.717) is 12.8 Å². The van der Waals surface area contributed by atoms with Crippen LogP contribution in [0, 0.1) is 5.82 Å². The second kappa shape index (κ2) is 4.70. The summed E-state index contributed by atoms with van der Waals surface area (Å²) in [6.45, 7) is 0. The highest BCUT2D eigenvalue weighted by atomic mass is 19.1. The average molecular weight is 218 g/mol. The minimum atomic E-state index is -0.260. The maximum absolute atomic E-state index is 12.6. The van der Waals surface area contributed by atoms with Crippen LogP contribution in [0.15, 0.2) is 43.0 Å². The molecule has 82 valence electrons. The van der Waals surface area contributed by atoms with Crippen molar-refractivity contribution >= 4 is 5.91 Å². The molecule has 0 aliphatic carbocycles. The van der Waals surface area contributed by atoms with Crippen LogP contribution in [0.5, 0.6) is 0 Å². The van der Waals surface area contributed by atoms with Gasteiger partial charge >= 0.3 is 0 Å². The van der Waals surface area contributed by atoms with Crippen molar-refractivity contribution in [2.24, 2.45) is 0 Å². The Kier molecular flexibility index (Phi) is 3.10. The van der Waals surface area contributed by atoms with Crippen molar-refractivity contribution in [2.75, 3.05) is 0 Å². The van der Waals surface area contributed by atoms with Crippen LogP contribution in [0.25, 0.3) is 0 Å². The van der Waals surface area contributed by atoms with E-state index >= 15 is 0 Å². The van der Waals surface area contributed by atoms with Gasteiger partial charge in [0.2, 0.25) is 5.91 Å². The Morgan fingerprint density at radius 1 is 1.31 bits per heavy atom. The summed E-state index contributed by atoms with van der Waals surface area (Å²) in [4.78, 5) is 15.4. The molecule has 0 spiro atoms. The highest BCUT2D eigenvalue weighted by Gasteiger charge is 2.04. The first kappa shape index (κ1) is 10.5. The highest BCUT2D eigenvalue weighted by Crippen LogP contribution is 2.06. The fourth-order valence-corrected chi connectivity index (χ4v) is 1.44. The molecule has 0 bridgehead atoms. The van der Waals surface area contributed by atoms with Crippen LogP contribution < -0.4 is 0 Å². The van der Waals surface area contributed by atoms with Crippen molar-refractivity contribution in [3.8, 4) is 0 Å². The summed E-state index contributed by atoms with van der Waals surface area (Å²) in [5.41, 5.74) is 0.954. The van der Waals surface area contributed by atoms with Gasteiger partial charge < -0.3 is 0 Å². The SMILES string of the molecule is O=C(CCc1ccc(F)cc1)n1ccnc1. The van der Waals surface area contributed by atoms with Gasteiger partial charge in [-0.3, -0.25) is 9.36 Å². The molecule has 0 amide bonds. The van der Waals surface area contributed by atoms with Crippen LogP contribution in [0.3, 0.4) is 0 Å². The molecule has 0 atom stereocenters. The fraction of sp³-hybridized carbons (Fsp3) is 0.167. The molecule has 0 N–H and O–H groups in total. The van der Waals surface area contributed by atoms with Crippen LogP contribution in [0.4, 0.5) is 4.39 Å². The van der Waals surface area contributed by atoms with Crippen molar-refractivity contribution < 1.29 is 9.18 Å². The third kappa shape index (κ3) is 2.53. The average Bonchev–Trinajstić information content (AvgIpc) is 2.81. The standard InChI is InChI=1S/C12H11FN2O/c13-11-4-1-10(2-5-11)3-6-12(16)15-8-7-14-9-15/h1-2,4-5,7-9H,3,6H2. The van der Waals surface area contributed by atoms with Gasteiger partial charge in [0.05, 0.1) is 0 Å². The van der Waals surface area contributed by atoms with E-state index in [4.69, 9.17) is 0 Å². The molecule has 0 unspecified atom stereocenters. The van der Waals surface area contributed by atoms with Crippen LogP contribution in [-0.4, -0.2) is 15.5 Å². The van der Waals surface area contributed by atoms with Crippen LogP contribution in [0.2, 0.25) is 0 Å². The molecule has 16 heavy (non-hydrogen) atoms. The molecule has 0 aliphatic heterocycles. The molecule has 2 aromatic rings. The van der Waals surface area contributed by atoms with E-state index < -0.39 is 0 Å². The zero-order valence-corrected chi connectivity index (χ0v) is 8.64. The first-order valence-electron chi connectivity index (χ1n) is 5.01. The molecule has 1 aromatic carbocycles. The van der Waals surface area contributed by atoms with E-state index in [-0.39, 0.29) is 11.7 Å². The van der Waals surface area contributed by atoms with E-state index in [9.17, 15) is 9.18 Å². The van der Waals surface area contributed by atoms with Gasteiger partial charge in [0.1, 0.15) is 12.1 Å². The Morgan fingerprint density at radius 3 is 2.69 bits per heavy atom.